The van der Waals surface area contributed by atoms with Gasteiger partial charge in [-0.25, -0.2) is 0 Å². The molecule has 1 unspecified atom stereocenters. The van der Waals surface area contributed by atoms with Crippen molar-refractivity contribution in [3.63, 3.8) is 0 Å². The van der Waals surface area contributed by atoms with Gasteiger partial charge in [0.25, 0.3) is 0 Å². The van der Waals surface area contributed by atoms with Crippen molar-refractivity contribution >= 4 is 15.9 Å². The SMILES string of the molecule is COc1ccc(C(C)(O)c2cccc(Br)c2)c(C)c1. The highest BCUT2D eigenvalue weighted by Gasteiger charge is 2.27. The first-order valence-electron chi connectivity index (χ1n) is 6.08. The Bertz CT molecular complexity index is 591. The number of halogens is 1. The largest absolute Gasteiger partial charge is 0.497 e. The molecule has 100 valence electrons. The fraction of sp³-hybridized carbons (Fsp3) is 0.250. The number of benzene rings is 2. The van der Waals surface area contributed by atoms with Gasteiger partial charge in [-0.15, -0.1) is 0 Å². The van der Waals surface area contributed by atoms with Gasteiger partial charge in [-0.2, -0.15) is 0 Å². The number of rotatable bonds is 3. The van der Waals surface area contributed by atoms with Gasteiger partial charge >= 0.3 is 0 Å². The van der Waals surface area contributed by atoms with E-state index in [1.165, 1.54) is 0 Å². The Kier molecular flexibility index (Phi) is 3.97. The molecule has 0 radical (unpaired) electrons. The Hall–Kier alpha value is -1.32. The number of aliphatic hydroxyl groups is 1. The molecule has 3 heteroatoms. The van der Waals surface area contributed by atoms with Gasteiger partial charge < -0.3 is 9.84 Å². The lowest BCUT2D eigenvalue weighted by Crippen LogP contribution is -2.23. The monoisotopic (exact) mass is 320 g/mol. The molecule has 2 rings (SSSR count). The smallest absolute Gasteiger partial charge is 0.119 e. The second-order valence-electron chi connectivity index (χ2n) is 4.76. The van der Waals surface area contributed by atoms with Crippen molar-refractivity contribution < 1.29 is 9.84 Å². The van der Waals surface area contributed by atoms with Crippen molar-refractivity contribution in [2.75, 3.05) is 7.11 Å². The normalized spacial score (nSPS) is 13.9. The second kappa shape index (κ2) is 5.35. The molecule has 0 saturated carbocycles. The van der Waals surface area contributed by atoms with E-state index in [0.29, 0.717) is 0 Å². The zero-order valence-electron chi connectivity index (χ0n) is 11.3. The lowest BCUT2D eigenvalue weighted by Gasteiger charge is -2.26. The Labute approximate surface area is 122 Å². The molecule has 1 atom stereocenters. The molecule has 0 heterocycles. The third kappa shape index (κ3) is 2.82. The Balaban J connectivity index is 2.50. The summed E-state index contributed by atoms with van der Waals surface area (Å²) in [5, 5.41) is 10.9. The summed E-state index contributed by atoms with van der Waals surface area (Å²) in [6, 6.07) is 13.4. The van der Waals surface area contributed by atoms with Crippen LogP contribution in [0.1, 0.15) is 23.6 Å². The van der Waals surface area contributed by atoms with E-state index in [1.54, 1.807) is 7.11 Å². The fourth-order valence-electron chi connectivity index (χ4n) is 2.26. The van der Waals surface area contributed by atoms with Gasteiger partial charge in [-0.1, -0.05) is 34.1 Å². The van der Waals surface area contributed by atoms with Crippen LogP contribution in [0.15, 0.2) is 46.9 Å². The quantitative estimate of drug-likeness (QED) is 0.925. The maximum atomic E-state index is 10.9. The van der Waals surface area contributed by atoms with E-state index in [4.69, 9.17) is 4.74 Å². The predicted molar refractivity (Wildman–Crippen MR) is 80.5 cm³/mol. The summed E-state index contributed by atoms with van der Waals surface area (Å²) in [5.74, 6) is 0.797. The first kappa shape index (κ1) is 14.1. The first-order valence-corrected chi connectivity index (χ1v) is 6.88. The van der Waals surface area contributed by atoms with Crippen LogP contribution in [-0.2, 0) is 5.60 Å². The summed E-state index contributed by atoms with van der Waals surface area (Å²) in [6.45, 7) is 3.79. The molecule has 2 aromatic rings. The highest BCUT2D eigenvalue weighted by atomic mass is 79.9. The van der Waals surface area contributed by atoms with Crippen molar-refractivity contribution in [2.24, 2.45) is 0 Å². The van der Waals surface area contributed by atoms with Crippen molar-refractivity contribution in [3.8, 4) is 5.75 Å². The molecule has 0 aliphatic heterocycles. The van der Waals surface area contributed by atoms with Gasteiger partial charge in [0.1, 0.15) is 11.4 Å². The van der Waals surface area contributed by atoms with Crippen molar-refractivity contribution in [1.29, 1.82) is 0 Å². The van der Waals surface area contributed by atoms with E-state index < -0.39 is 5.60 Å². The molecule has 0 amide bonds. The summed E-state index contributed by atoms with van der Waals surface area (Å²) in [5.41, 5.74) is 1.71. The molecule has 0 spiro atoms. The summed E-state index contributed by atoms with van der Waals surface area (Å²) < 4.78 is 6.15. The van der Waals surface area contributed by atoms with E-state index in [9.17, 15) is 5.11 Å². The zero-order chi connectivity index (χ0) is 14.0. The molecule has 0 aromatic heterocycles. The van der Waals surface area contributed by atoms with Crippen LogP contribution in [0.3, 0.4) is 0 Å². The minimum Gasteiger partial charge on any atom is -0.497 e. The van der Waals surface area contributed by atoms with E-state index in [-0.39, 0.29) is 0 Å². The number of ether oxygens (including phenoxy) is 1. The van der Waals surface area contributed by atoms with Crippen LogP contribution in [-0.4, -0.2) is 12.2 Å². The van der Waals surface area contributed by atoms with E-state index in [0.717, 1.165) is 26.9 Å². The Morgan fingerprint density at radius 2 is 1.89 bits per heavy atom. The molecule has 0 fully saturated rings. The van der Waals surface area contributed by atoms with Gasteiger partial charge in [0.2, 0.25) is 0 Å². The molecule has 1 N–H and O–H groups in total. The molecule has 0 aliphatic carbocycles. The molecule has 2 nitrogen and oxygen atoms in total. The van der Waals surface area contributed by atoms with Crippen LogP contribution in [0.25, 0.3) is 0 Å². The van der Waals surface area contributed by atoms with Crippen LogP contribution in [0.5, 0.6) is 5.75 Å². The van der Waals surface area contributed by atoms with E-state index >= 15 is 0 Å². The van der Waals surface area contributed by atoms with Gasteiger partial charge in [-0.3, -0.25) is 0 Å². The minimum absolute atomic E-state index is 0.797. The predicted octanol–water partition coefficient (Wildman–Crippen LogP) is 4.02. The zero-order valence-corrected chi connectivity index (χ0v) is 12.9. The minimum atomic E-state index is -1.03. The number of hydrogen-bond donors (Lipinski definition) is 1. The molecule has 0 saturated heterocycles. The van der Waals surface area contributed by atoms with Crippen LogP contribution in [0.2, 0.25) is 0 Å². The molecule has 0 bridgehead atoms. The maximum absolute atomic E-state index is 10.9. The van der Waals surface area contributed by atoms with Crippen LogP contribution >= 0.6 is 15.9 Å². The average Bonchev–Trinajstić information content (AvgIpc) is 2.38. The van der Waals surface area contributed by atoms with Crippen molar-refractivity contribution in [1.82, 2.24) is 0 Å². The Morgan fingerprint density at radius 3 is 2.47 bits per heavy atom. The van der Waals surface area contributed by atoms with Crippen molar-refractivity contribution in [3.05, 3.63) is 63.6 Å². The summed E-state index contributed by atoms with van der Waals surface area (Å²) >= 11 is 3.44. The summed E-state index contributed by atoms with van der Waals surface area (Å²) in [4.78, 5) is 0. The number of aryl methyl sites for hydroxylation is 1. The maximum Gasteiger partial charge on any atom is 0.119 e. The standard InChI is InChI=1S/C16H17BrO2/c1-11-9-14(19-3)7-8-15(11)16(2,18)12-5-4-6-13(17)10-12/h4-10,18H,1-3H3. The second-order valence-corrected chi connectivity index (χ2v) is 5.68. The highest BCUT2D eigenvalue weighted by Crippen LogP contribution is 2.33. The van der Waals surface area contributed by atoms with Crippen LogP contribution in [0.4, 0.5) is 0 Å². The van der Waals surface area contributed by atoms with Crippen LogP contribution in [0, 0.1) is 6.92 Å². The lowest BCUT2D eigenvalue weighted by atomic mass is 9.85. The number of hydrogen-bond acceptors (Lipinski definition) is 2. The van der Waals surface area contributed by atoms with E-state index in [2.05, 4.69) is 15.9 Å². The lowest BCUT2D eigenvalue weighted by molar-refractivity contribution is 0.101. The third-order valence-corrected chi connectivity index (χ3v) is 3.84. The molecule has 0 aliphatic rings. The summed E-state index contributed by atoms with van der Waals surface area (Å²) in [7, 11) is 1.64. The first-order chi connectivity index (χ1) is 8.95. The molecular weight excluding hydrogens is 304 g/mol. The van der Waals surface area contributed by atoms with Gasteiger partial charge in [-0.05, 0) is 54.8 Å². The van der Waals surface area contributed by atoms with Gasteiger partial charge in [0.15, 0.2) is 0 Å². The van der Waals surface area contributed by atoms with Crippen LogP contribution < -0.4 is 4.74 Å². The fourth-order valence-corrected chi connectivity index (χ4v) is 2.66. The van der Waals surface area contributed by atoms with Crippen molar-refractivity contribution in [2.45, 2.75) is 19.4 Å². The summed E-state index contributed by atoms with van der Waals surface area (Å²) in [6.07, 6.45) is 0. The number of methoxy groups -OCH3 is 1. The third-order valence-electron chi connectivity index (χ3n) is 3.34. The van der Waals surface area contributed by atoms with Gasteiger partial charge in [0.05, 0.1) is 7.11 Å². The van der Waals surface area contributed by atoms with E-state index in [1.807, 2.05) is 56.3 Å². The molecule has 19 heavy (non-hydrogen) atoms. The average molecular weight is 321 g/mol. The van der Waals surface area contributed by atoms with Gasteiger partial charge in [0, 0.05) is 4.47 Å². The highest BCUT2D eigenvalue weighted by molar-refractivity contribution is 9.10. The molecule has 2 aromatic carbocycles. The Morgan fingerprint density at radius 1 is 1.16 bits per heavy atom. The topological polar surface area (TPSA) is 29.5 Å². The molecular formula is C16H17BrO2.